The number of hydrogen-bond acceptors (Lipinski definition) is 2. The zero-order valence-electron chi connectivity index (χ0n) is 23.0. The van der Waals surface area contributed by atoms with Crippen molar-refractivity contribution in [1.29, 1.82) is 0 Å². The summed E-state index contributed by atoms with van der Waals surface area (Å²) >= 11 is 0. The minimum absolute atomic E-state index is 0.00331. The summed E-state index contributed by atoms with van der Waals surface area (Å²) in [5.74, 6) is 0.376. The van der Waals surface area contributed by atoms with Crippen LogP contribution in [0.25, 0.3) is 0 Å². The molecule has 0 saturated carbocycles. The molecule has 3 aromatic rings. The van der Waals surface area contributed by atoms with E-state index in [2.05, 4.69) is 63.3 Å². The number of amides is 2. The van der Waals surface area contributed by atoms with Crippen LogP contribution >= 0.6 is 0 Å². The van der Waals surface area contributed by atoms with Gasteiger partial charge >= 0.3 is 0 Å². The monoisotopic (exact) mass is 498 g/mol. The first-order chi connectivity index (χ1) is 17.8. The van der Waals surface area contributed by atoms with E-state index in [1.807, 2.05) is 55.5 Å². The first-order valence-electron chi connectivity index (χ1n) is 13.6. The van der Waals surface area contributed by atoms with Gasteiger partial charge < -0.3 is 10.2 Å². The Balaban J connectivity index is 1.90. The molecule has 3 aromatic carbocycles. The molecule has 37 heavy (non-hydrogen) atoms. The van der Waals surface area contributed by atoms with E-state index in [9.17, 15) is 9.59 Å². The van der Waals surface area contributed by atoms with Crippen LogP contribution in [0, 0.1) is 6.92 Å². The van der Waals surface area contributed by atoms with Gasteiger partial charge in [-0.25, -0.2) is 0 Å². The highest BCUT2D eigenvalue weighted by atomic mass is 16.2. The van der Waals surface area contributed by atoms with Crippen molar-refractivity contribution in [3.8, 4) is 0 Å². The van der Waals surface area contributed by atoms with E-state index in [0.717, 1.165) is 28.7 Å². The Bertz CT molecular complexity index is 1140. The average molecular weight is 499 g/mol. The number of aryl methyl sites for hydroxylation is 2. The fraction of sp³-hybridized carbons (Fsp3) is 0.394. The Morgan fingerprint density at radius 2 is 1.49 bits per heavy atom. The molecule has 1 N–H and O–H groups in total. The van der Waals surface area contributed by atoms with Crippen LogP contribution in [-0.4, -0.2) is 28.8 Å². The number of carbonyl (C=O) groups excluding carboxylic acids is 2. The first-order valence-corrected chi connectivity index (χ1v) is 13.6. The minimum atomic E-state index is -0.591. The van der Waals surface area contributed by atoms with Gasteiger partial charge in [0.25, 0.3) is 0 Å². The second-order valence-corrected chi connectivity index (χ2v) is 10.4. The number of carbonyl (C=O) groups is 2. The van der Waals surface area contributed by atoms with Gasteiger partial charge in [-0.3, -0.25) is 9.59 Å². The Hall–Kier alpha value is -3.40. The number of hydrogen-bond donors (Lipinski definition) is 1. The lowest BCUT2D eigenvalue weighted by Crippen LogP contribution is -2.52. The van der Waals surface area contributed by atoms with E-state index < -0.39 is 6.04 Å². The summed E-state index contributed by atoms with van der Waals surface area (Å²) < 4.78 is 0. The molecule has 4 nitrogen and oxygen atoms in total. The normalized spacial score (nSPS) is 12.7. The lowest BCUT2D eigenvalue weighted by atomic mass is 9.99. The molecule has 4 heteroatoms. The van der Waals surface area contributed by atoms with Crippen molar-refractivity contribution in [2.24, 2.45) is 0 Å². The molecule has 0 aliphatic rings. The van der Waals surface area contributed by atoms with E-state index in [0.29, 0.717) is 31.7 Å². The highest BCUT2D eigenvalue weighted by Crippen LogP contribution is 2.20. The Kier molecular flexibility index (Phi) is 10.5. The number of nitrogens with zero attached hydrogens (tertiary/aromatic N) is 1. The molecule has 0 radical (unpaired) electrons. The van der Waals surface area contributed by atoms with Crippen molar-refractivity contribution in [1.82, 2.24) is 10.2 Å². The molecule has 2 amide bonds. The molecule has 0 bridgehead atoms. The van der Waals surface area contributed by atoms with Gasteiger partial charge in [-0.15, -0.1) is 0 Å². The Morgan fingerprint density at radius 1 is 0.838 bits per heavy atom. The molecule has 0 saturated heterocycles. The third kappa shape index (κ3) is 8.31. The topological polar surface area (TPSA) is 49.4 Å². The van der Waals surface area contributed by atoms with Crippen molar-refractivity contribution in [3.63, 3.8) is 0 Å². The smallest absolute Gasteiger partial charge is 0.243 e. The summed E-state index contributed by atoms with van der Waals surface area (Å²) in [6, 6.07) is 26.1. The number of nitrogens with one attached hydrogen (secondary N) is 1. The maximum atomic E-state index is 13.8. The van der Waals surface area contributed by atoms with Crippen LogP contribution < -0.4 is 5.32 Å². The summed E-state index contributed by atoms with van der Waals surface area (Å²) in [7, 11) is 0. The molecular formula is C33H42N2O2. The van der Waals surface area contributed by atoms with Gasteiger partial charge in [0.05, 0.1) is 0 Å². The maximum absolute atomic E-state index is 13.8. The summed E-state index contributed by atoms with van der Waals surface area (Å²) in [5, 5.41) is 3.14. The van der Waals surface area contributed by atoms with Crippen LogP contribution in [-0.2, 0) is 29.0 Å². The Morgan fingerprint density at radius 3 is 2.11 bits per heavy atom. The molecule has 0 aliphatic heterocycles. The molecule has 0 fully saturated rings. The molecular weight excluding hydrogens is 456 g/mol. The molecule has 0 heterocycles. The van der Waals surface area contributed by atoms with Crippen LogP contribution in [0.15, 0.2) is 78.9 Å². The van der Waals surface area contributed by atoms with Crippen LogP contribution in [0.5, 0.6) is 0 Å². The van der Waals surface area contributed by atoms with E-state index in [1.165, 1.54) is 5.56 Å². The van der Waals surface area contributed by atoms with Gasteiger partial charge in [-0.1, -0.05) is 99.6 Å². The van der Waals surface area contributed by atoms with Crippen LogP contribution in [0.4, 0.5) is 0 Å². The van der Waals surface area contributed by atoms with Crippen LogP contribution in [0.2, 0.25) is 0 Å². The van der Waals surface area contributed by atoms with Crippen molar-refractivity contribution in [3.05, 3.63) is 107 Å². The lowest BCUT2D eigenvalue weighted by molar-refractivity contribution is -0.141. The summed E-state index contributed by atoms with van der Waals surface area (Å²) in [6.07, 6.45) is 2.31. The first kappa shape index (κ1) is 28.2. The fourth-order valence-corrected chi connectivity index (χ4v) is 4.43. The summed E-state index contributed by atoms with van der Waals surface area (Å²) in [4.78, 5) is 29.3. The van der Waals surface area contributed by atoms with Crippen molar-refractivity contribution >= 4 is 11.8 Å². The van der Waals surface area contributed by atoms with E-state index in [1.54, 1.807) is 4.90 Å². The molecule has 0 unspecified atom stereocenters. The van der Waals surface area contributed by atoms with Crippen LogP contribution in [0.1, 0.15) is 74.3 Å². The van der Waals surface area contributed by atoms with E-state index in [-0.39, 0.29) is 17.9 Å². The zero-order valence-corrected chi connectivity index (χ0v) is 23.0. The molecule has 3 rings (SSSR count). The molecule has 2 atom stereocenters. The van der Waals surface area contributed by atoms with E-state index in [4.69, 9.17) is 0 Å². The third-order valence-corrected chi connectivity index (χ3v) is 7.15. The zero-order chi connectivity index (χ0) is 26.8. The van der Waals surface area contributed by atoms with Gasteiger partial charge in [0.2, 0.25) is 11.8 Å². The van der Waals surface area contributed by atoms with Gasteiger partial charge in [0.15, 0.2) is 0 Å². The quantitative estimate of drug-likeness (QED) is 0.306. The average Bonchev–Trinajstić information content (AvgIpc) is 2.90. The van der Waals surface area contributed by atoms with Gasteiger partial charge in [0.1, 0.15) is 6.04 Å². The van der Waals surface area contributed by atoms with E-state index >= 15 is 0 Å². The van der Waals surface area contributed by atoms with Gasteiger partial charge in [-0.05, 0) is 60.4 Å². The number of benzene rings is 3. The Labute approximate surface area is 223 Å². The second kappa shape index (κ2) is 13.8. The third-order valence-electron chi connectivity index (χ3n) is 7.15. The SMILES string of the molecule is CC[C@@H](C)NC(=O)[C@@H](Cc1ccccc1)N(Cc1ccccc1C)C(=O)CCc1ccc(C(C)C)cc1. The molecule has 0 aromatic heterocycles. The molecule has 0 aliphatic carbocycles. The van der Waals surface area contributed by atoms with Gasteiger partial charge in [0, 0.05) is 25.4 Å². The second-order valence-electron chi connectivity index (χ2n) is 10.4. The minimum Gasteiger partial charge on any atom is -0.352 e. The molecule has 0 spiro atoms. The highest BCUT2D eigenvalue weighted by Gasteiger charge is 2.31. The predicted octanol–water partition coefficient (Wildman–Crippen LogP) is 6.61. The fourth-order valence-electron chi connectivity index (χ4n) is 4.43. The maximum Gasteiger partial charge on any atom is 0.243 e. The standard InChI is InChI=1S/C33H42N2O2/c1-6-26(5)34-33(37)31(22-28-13-8-7-9-14-28)35(23-30-15-11-10-12-25(30)4)32(36)21-18-27-16-19-29(20-17-27)24(2)3/h7-17,19-20,24,26,31H,6,18,21-23H2,1-5H3,(H,34,37)/t26-,31-/m1/s1. The van der Waals surface area contributed by atoms with Crippen molar-refractivity contribution in [2.45, 2.75) is 84.8 Å². The van der Waals surface area contributed by atoms with Gasteiger partial charge in [-0.2, -0.15) is 0 Å². The number of rotatable bonds is 12. The van der Waals surface area contributed by atoms with Crippen molar-refractivity contribution in [2.75, 3.05) is 0 Å². The molecule has 196 valence electrons. The highest BCUT2D eigenvalue weighted by molar-refractivity contribution is 5.88. The summed E-state index contributed by atoms with van der Waals surface area (Å²) in [6.45, 7) is 10.9. The predicted molar refractivity (Wildman–Crippen MR) is 152 cm³/mol. The summed E-state index contributed by atoms with van der Waals surface area (Å²) in [5.41, 5.74) is 5.65. The lowest BCUT2D eigenvalue weighted by Gasteiger charge is -2.33. The van der Waals surface area contributed by atoms with Crippen LogP contribution in [0.3, 0.4) is 0 Å². The largest absolute Gasteiger partial charge is 0.352 e. The van der Waals surface area contributed by atoms with Crippen molar-refractivity contribution < 1.29 is 9.59 Å².